The van der Waals surface area contributed by atoms with Gasteiger partial charge in [-0.3, -0.25) is 4.79 Å². The lowest BCUT2D eigenvalue weighted by atomic mass is 9.87. The molecule has 5 heteroatoms. The van der Waals surface area contributed by atoms with Crippen LogP contribution in [0.1, 0.15) is 31.9 Å². The van der Waals surface area contributed by atoms with Crippen LogP contribution in [0.4, 0.5) is 0 Å². The van der Waals surface area contributed by atoms with Crippen molar-refractivity contribution in [2.45, 2.75) is 26.2 Å². The van der Waals surface area contributed by atoms with Gasteiger partial charge in [-0.05, 0) is 39.9 Å². The average molecular weight is 376 g/mol. The summed E-state index contributed by atoms with van der Waals surface area (Å²) in [6, 6.07) is 18.8. The maximum atomic E-state index is 12.0. The molecule has 0 fully saturated rings. The van der Waals surface area contributed by atoms with Crippen LogP contribution in [0.5, 0.6) is 11.5 Å². The smallest absolute Gasteiger partial charge is 0.277 e. The summed E-state index contributed by atoms with van der Waals surface area (Å²) in [6.45, 7) is 6.28. The Kier molecular flexibility index (Phi) is 5.64. The molecule has 0 aliphatic carbocycles. The summed E-state index contributed by atoms with van der Waals surface area (Å²) in [5.74, 6) is 0.349. The van der Waals surface area contributed by atoms with Gasteiger partial charge in [-0.15, -0.1) is 0 Å². The van der Waals surface area contributed by atoms with Crippen molar-refractivity contribution >= 4 is 22.9 Å². The van der Waals surface area contributed by atoms with Crippen LogP contribution in [0.3, 0.4) is 0 Å². The van der Waals surface area contributed by atoms with Crippen LogP contribution in [0.15, 0.2) is 65.8 Å². The third-order valence-corrected chi connectivity index (χ3v) is 4.42. The van der Waals surface area contributed by atoms with Gasteiger partial charge in [0, 0.05) is 5.56 Å². The first-order chi connectivity index (χ1) is 13.3. The minimum atomic E-state index is -0.379. The highest BCUT2D eigenvalue weighted by Crippen LogP contribution is 2.25. The lowest BCUT2D eigenvalue weighted by Gasteiger charge is -2.19. The number of phenols is 1. The van der Waals surface area contributed by atoms with Crippen LogP contribution >= 0.6 is 0 Å². The second-order valence-corrected chi connectivity index (χ2v) is 7.58. The van der Waals surface area contributed by atoms with E-state index >= 15 is 0 Å². The number of nitrogens with zero attached hydrogens (tertiary/aromatic N) is 1. The van der Waals surface area contributed by atoms with Crippen molar-refractivity contribution < 1.29 is 14.6 Å². The molecule has 28 heavy (non-hydrogen) atoms. The number of nitrogens with one attached hydrogen (secondary N) is 1. The Morgan fingerprint density at radius 1 is 1.07 bits per heavy atom. The van der Waals surface area contributed by atoms with E-state index in [0.29, 0.717) is 11.3 Å². The maximum absolute atomic E-state index is 12.0. The summed E-state index contributed by atoms with van der Waals surface area (Å²) in [5, 5.41) is 15.9. The van der Waals surface area contributed by atoms with E-state index in [1.165, 1.54) is 11.8 Å². The fourth-order valence-electron chi connectivity index (χ4n) is 2.82. The molecule has 0 aromatic heterocycles. The summed E-state index contributed by atoms with van der Waals surface area (Å²) in [7, 11) is 0. The fraction of sp³-hybridized carbons (Fsp3) is 0.217. The van der Waals surface area contributed by atoms with E-state index in [4.69, 9.17) is 4.74 Å². The Balaban J connectivity index is 1.58. The zero-order valence-corrected chi connectivity index (χ0v) is 16.3. The summed E-state index contributed by atoms with van der Waals surface area (Å²) in [4.78, 5) is 12.0. The van der Waals surface area contributed by atoms with Gasteiger partial charge in [0.05, 0.1) is 6.21 Å². The summed E-state index contributed by atoms with van der Waals surface area (Å²) in [6.07, 6.45) is 1.44. The van der Waals surface area contributed by atoms with E-state index < -0.39 is 0 Å². The topological polar surface area (TPSA) is 70.9 Å². The van der Waals surface area contributed by atoms with Crippen molar-refractivity contribution in [1.82, 2.24) is 5.43 Å². The molecule has 0 saturated heterocycles. The molecule has 3 aromatic carbocycles. The monoisotopic (exact) mass is 376 g/mol. The molecule has 0 saturated carbocycles. The Morgan fingerprint density at radius 2 is 1.79 bits per heavy atom. The van der Waals surface area contributed by atoms with Crippen LogP contribution in [0.2, 0.25) is 0 Å². The number of amides is 1. The number of hydrogen-bond acceptors (Lipinski definition) is 4. The molecule has 144 valence electrons. The van der Waals surface area contributed by atoms with Crippen LogP contribution < -0.4 is 10.2 Å². The lowest BCUT2D eigenvalue weighted by Crippen LogP contribution is -2.24. The molecule has 0 aliphatic rings. The molecule has 0 radical (unpaired) electrons. The highest BCUT2D eigenvalue weighted by Gasteiger charge is 2.13. The van der Waals surface area contributed by atoms with Gasteiger partial charge < -0.3 is 9.84 Å². The number of benzene rings is 3. The van der Waals surface area contributed by atoms with Gasteiger partial charge >= 0.3 is 0 Å². The Labute approximate surface area is 164 Å². The van der Waals surface area contributed by atoms with Gasteiger partial charge in [0.1, 0.15) is 11.5 Å². The molecule has 0 atom stereocenters. The minimum Gasteiger partial charge on any atom is -0.507 e. The molecule has 3 aromatic rings. The third-order valence-electron chi connectivity index (χ3n) is 4.42. The molecule has 1 amide bonds. The highest BCUT2D eigenvalue weighted by atomic mass is 16.5. The molecular weight excluding hydrogens is 352 g/mol. The van der Waals surface area contributed by atoms with Gasteiger partial charge in [0.2, 0.25) is 0 Å². The first-order valence-electron chi connectivity index (χ1n) is 9.10. The van der Waals surface area contributed by atoms with E-state index in [1.54, 1.807) is 6.07 Å². The molecule has 0 spiro atoms. The van der Waals surface area contributed by atoms with Crippen molar-refractivity contribution in [2.24, 2.45) is 5.10 Å². The summed E-state index contributed by atoms with van der Waals surface area (Å²) >= 11 is 0. The van der Waals surface area contributed by atoms with E-state index in [9.17, 15) is 9.90 Å². The molecule has 0 bridgehead atoms. The summed E-state index contributed by atoms with van der Waals surface area (Å²) < 4.78 is 5.50. The Bertz CT molecular complexity index is 1000. The molecule has 3 rings (SSSR count). The average Bonchev–Trinajstić information content (AvgIpc) is 2.68. The molecule has 2 N–H and O–H groups in total. The molecule has 5 nitrogen and oxygen atoms in total. The van der Waals surface area contributed by atoms with Crippen LogP contribution in [-0.4, -0.2) is 23.8 Å². The quantitative estimate of drug-likeness (QED) is 0.513. The summed E-state index contributed by atoms with van der Waals surface area (Å²) in [5.41, 5.74) is 4.24. The van der Waals surface area contributed by atoms with Crippen molar-refractivity contribution in [3.8, 4) is 11.5 Å². The zero-order chi connectivity index (χ0) is 20.1. The molecule has 0 heterocycles. The number of rotatable bonds is 5. The SMILES string of the molecule is CC(C)(C)c1ccc(OCC(=O)N/N=C/c2c(O)ccc3ccccc23)cc1. The van der Waals surface area contributed by atoms with Gasteiger partial charge in [0.15, 0.2) is 6.61 Å². The fourth-order valence-corrected chi connectivity index (χ4v) is 2.82. The number of hydrazone groups is 1. The second-order valence-electron chi connectivity index (χ2n) is 7.58. The second kappa shape index (κ2) is 8.13. The zero-order valence-electron chi connectivity index (χ0n) is 16.3. The lowest BCUT2D eigenvalue weighted by molar-refractivity contribution is -0.123. The molecule has 0 aliphatic heterocycles. The highest BCUT2D eigenvalue weighted by molar-refractivity contribution is 6.02. The van der Waals surface area contributed by atoms with Gasteiger partial charge in [-0.25, -0.2) is 5.43 Å². The first kappa shape index (κ1) is 19.4. The van der Waals surface area contributed by atoms with E-state index in [0.717, 1.165) is 10.8 Å². The molecule has 0 unspecified atom stereocenters. The van der Waals surface area contributed by atoms with E-state index in [1.807, 2.05) is 54.6 Å². The minimum absolute atomic E-state index is 0.0673. The normalized spacial score (nSPS) is 11.7. The predicted octanol–water partition coefficient (Wildman–Crippen LogP) is 4.37. The number of aromatic hydroxyl groups is 1. The van der Waals surface area contributed by atoms with Crippen molar-refractivity contribution in [3.63, 3.8) is 0 Å². The van der Waals surface area contributed by atoms with E-state index in [2.05, 4.69) is 31.3 Å². The standard InChI is InChI=1S/C23H24N2O3/c1-23(2,3)17-9-11-18(12-10-17)28-15-22(27)25-24-14-20-19-7-5-4-6-16(19)8-13-21(20)26/h4-14,26H,15H2,1-3H3,(H,25,27)/b24-14+. The van der Waals surface area contributed by atoms with E-state index in [-0.39, 0.29) is 23.7 Å². The largest absolute Gasteiger partial charge is 0.507 e. The predicted molar refractivity (Wildman–Crippen MR) is 112 cm³/mol. The van der Waals surface area contributed by atoms with Gasteiger partial charge in [0.25, 0.3) is 5.91 Å². The van der Waals surface area contributed by atoms with Crippen molar-refractivity contribution in [3.05, 3.63) is 71.8 Å². The Hall–Kier alpha value is -3.34. The van der Waals surface area contributed by atoms with Crippen molar-refractivity contribution in [2.75, 3.05) is 6.61 Å². The number of carbonyl (C=O) groups excluding carboxylic acids is 1. The van der Waals surface area contributed by atoms with Gasteiger partial charge in [-0.1, -0.05) is 63.2 Å². The number of hydrogen-bond donors (Lipinski definition) is 2. The van der Waals surface area contributed by atoms with Crippen LogP contribution in [0.25, 0.3) is 10.8 Å². The van der Waals surface area contributed by atoms with Crippen LogP contribution in [-0.2, 0) is 10.2 Å². The number of phenolic OH excluding ortho intramolecular Hbond substituents is 1. The first-order valence-corrected chi connectivity index (χ1v) is 9.10. The third kappa shape index (κ3) is 4.68. The number of ether oxygens (including phenoxy) is 1. The van der Waals surface area contributed by atoms with Gasteiger partial charge in [-0.2, -0.15) is 5.10 Å². The van der Waals surface area contributed by atoms with Crippen LogP contribution in [0, 0.1) is 0 Å². The van der Waals surface area contributed by atoms with Crippen molar-refractivity contribution in [1.29, 1.82) is 0 Å². The maximum Gasteiger partial charge on any atom is 0.277 e. The molecular formula is C23H24N2O3. The Morgan fingerprint density at radius 3 is 2.50 bits per heavy atom. The number of fused-ring (bicyclic) bond motifs is 1. The number of carbonyl (C=O) groups is 1.